The van der Waals surface area contributed by atoms with Gasteiger partial charge >= 0.3 is 0 Å². The number of aliphatic hydroxyl groups excluding tert-OH is 1. The second kappa shape index (κ2) is 5.88. The van der Waals surface area contributed by atoms with Gasteiger partial charge in [0.1, 0.15) is 11.5 Å². The van der Waals surface area contributed by atoms with Gasteiger partial charge in [0.15, 0.2) is 0 Å². The number of carbonyl (C=O) groups is 1. The maximum absolute atomic E-state index is 12.5. The molecular weight excluding hydrogens is 282 g/mol. The predicted octanol–water partition coefficient (Wildman–Crippen LogP) is 1.36. The van der Waals surface area contributed by atoms with Crippen LogP contribution in [0, 0.1) is 19.8 Å². The maximum Gasteiger partial charge on any atom is 0.272 e. The molecule has 1 amide bonds. The molecule has 2 atom stereocenters. The fraction of sp³-hybridized carbons (Fsp3) is 0.438. The number of rotatable bonds is 3. The van der Waals surface area contributed by atoms with E-state index in [9.17, 15) is 9.90 Å². The number of aromatic nitrogens is 2. The number of likely N-dealkylation sites (tertiary alicyclic amines) is 1. The number of aliphatic hydroxyl groups is 1. The summed E-state index contributed by atoms with van der Waals surface area (Å²) in [4.78, 5) is 18.4. The van der Waals surface area contributed by atoms with Gasteiger partial charge in [0.25, 0.3) is 5.91 Å². The van der Waals surface area contributed by atoms with Crippen molar-refractivity contribution in [3.63, 3.8) is 0 Å². The molecule has 1 saturated heterocycles. The summed E-state index contributed by atoms with van der Waals surface area (Å²) in [5, 5.41) is 14.0. The summed E-state index contributed by atoms with van der Waals surface area (Å²) in [5.41, 5.74) is 2.04. The molecule has 0 aromatic carbocycles. The number of nitrogens with zero attached hydrogens (tertiary/aromatic N) is 3. The lowest BCUT2D eigenvalue weighted by atomic mass is 10.0. The largest absolute Gasteiger partial charge is 0.391 e. The van der Waals surface area contributed by atoms with Gasteiger partial charge in [-0.15, -0.1) is 0 Å². The Hall–Kier alpha value is -2.21. The van der Waals surface area contributed by atoms with Crippen molar-refractivity contribution in [3.05, 3.63) is 47.1 Å². The van der Waals surface area contributed by atoms with E-state index in [1.165, 1.54) is 0 Å². The average Bonchev–Trinajstić information content (AvgIpc) is 3.05. The molecule has 0 spiro atoms. The topological polar surface area (TPSA) is 79.5 Å². The molecule has 1 fully saturated rings. The Balaban J connectivity index is 1.68. The van der Waals surface area contributed by atoms with Crippen molar-refractivity contribution in [2.24, 2.45) is 5.92 Å². The molecule has 0 aliphatic carbocycles. The summed E-state index contributed by atoms with van der Waals surface area (Å²) >= 11 is 0. The van der Waals surface area contributed by atoms with Crippen molar-refractivity contribution >= 4 is 5.91 Å². The average molecular weight is 301 g/mol. The van der Waals surface area contributed by atoms with E-state index in [1.54, 1.807) is 11.0 Å². The first-order valence-electron chi connectivity index (χ1n) is 7.36. The molecule has 1 aliphatic rings. The van der Waals surface area contributed by atoms with Gasteiger partial charge in [-0.3, -0.25) is 4.79 Å². The van der Waals surface area contributed by atoms with Gasteiger partial charge in [0.05, 0.1) is 11.8 Å². The number of pyridine rings is 1. The number of amides is 1. The van der Waals surface area contributed by atoms with E-state index in [-0.39, 0.29) is 11.8 Å². The lowest BCUT2D eigenvalue weighted by Gasteiger charge is -2.15. The molecule has 2 aromatic heterocycles. The van der Waals surface area contributed by atoms with Gasteiger partial charge in [-0.25, -0.2) is 4.98 Å². The Morgan fingerprint density at radius 1 is 1.36 bits per heavy atom. The summed E-state index contributed by atoms with van der Waals surface area (Å²) < 4.78 is 5.19. The van der Waals surface area contributed by atoms with Crippen molar-refractivity contribution in [1.82, 2.24) is 15.0 Å². The number of aryl methyl sites for hydroxylation is 2. The highest BCUT2D eigenvalue weighted by molar-refractivity contribution is 5.92. The van der Waals surface area contributed by atoms with Crippen LogP contribution >= 0.6 is 0 Å². The molecule has 1 N–H and O–H groups in total. The number of carbonyl (C=O) groups excluding carboxylic acids is 1. The van der Waals surface area contributed by atoms with E-state index in [0.29, 0.717) is 25.2 Å². The van der Waals surface area contributed by atoms with Crippen LogP contribution in [-0.2, 0) is 6.42 Å². The third-order valence-electron chi connectivity index (χ3n) is 3.94. The zero-order valence-corrected chi connectivity index (χ0v) is 12.7. The molecule has 6 heteroatoms. The third kappa shape index (κ3) is 3.01. The molecule has 0 unspecified atom stereocenters. The van der Waals surface area contributed by atoms with Crippen molar-refractivity contribution in [2.45, 2.75) is 26.4 Å². The highest BCUT2D eigenvalue weighted by Gasteiger charge is 2.35. The number of β-amino-alcohol motifs (C(OH)–C–C–N with tert-alkyl or cyclic N) is 1. The minimum atomic E-state index is -0.556. The zero-order chi connectivity index (χ0) is 15.7. The Morgan fingerprint density at radius 2 is 2.18 bits per heavy atom. The van der Waals surface area contributed by atoms with Crippen molar-refractivity contribution < 1.29 is 14.4 Å². The van der Waals surface area contributed by atoms with Gasteiger partial charge < -0.3 is 14.5 Å². The standard InChI is InChI=1S/C16H19N3O3/c1-10-4-3-5-14(17-10)16(21)19-8-12(15(20)9-19)7-13-6-11(2)18-22-13/h3-6,12,15,20H,7-9H2,1-2H3/t12-,15+/m1/s1. The first-order valence-corrected chi connectivity index (χ1v) is 7.36. The van der Waals surface area contributed by atoms with Crippen LogP contribution in [0.15, 0.2) is 28.8 Å². The minimum absolute atomic E-state index is 0.0406. The highest BCUT2D eigenvalue weighted by atomic mass is 16.5. The zero-order valence-electron chi connectivity index (χ0n) is 12.7. The Kier molecular flexibility index (Phi) is 3.94. The lowest BCUT2D eigenvalue weighted by Crippen LogP contribution is -2.30. The summed E-state index contributed by atoms with van der Waals surface area (Å²) in [6.45, 7) is 4.53. The van der Waals surface area contributed by atoms with Crippen LogP contribution in [0.1, 0.15) is 27.6 Å². The summed E-state index contributed by atoms with van der Waals surface area (Å²) in [6, 6.07) is 7.23. The molecule has 2 aromatic rings. The van der Waals surface area contributed by atoms with Gasteiger partial charge in [0.2, 0.25) is 0 Å². The quantitative estimate of drug-likeness (QED) is 0.926. The molecular formula is C16H19N3O3. The van der Waals surface area contributed by atoms with Crippen LogP contribution in [0.5, 0.6) is 0 Å². The fourth-order valence-electron chi connectivity index (χ4n) is 2.82. The molecule has 0 saturated carbocycles. The van der Waals surface area contributed by atoms with E-state index in [2.05, 4.69) is 10.1 Å². The van der Waals surface area contributed by atoms with E-state index in [4.69, 9.17) is 4.52 Å². The van der Waals surface area contributed by atoms with Gasteiger partial charge in [-0.05, 0) is 26.0 Å². The first kappa shape index (κ1) is 14.7. The van der Waals surface area contributed by atoms with Crippen molar-refractivity contribution in [3.8, 4) is 0 Å². The fourth-order valence-corrected chi connectivity index (χ4v) is 2.82. The molecule has 6 nitrogen and oxygen atoms in total. The summed E-state index contributed by atoms with van der Waals surface area (Å²) in [6.07, 6.45) is 0.0201. The highest BCUT2D eigenvalue weighted by Crippen LogP contribution is 2.23. The smallest absolute Gasteiger partial charge is 0.272 e. The Morgan fingerprint density at radius 3 is 2.86 bits per heavy atom. The normalized spacial score (nSPS) is 21.3. The molecule has 1 aliphatic heterocycles. The van der Waals surface area contributed by atoms with E-state index < -0.39 is 6.10 Å². The van der Waals surface area contributed by atoms with Gasteiger partial charge in [-0.1, -0.05) is 11.2 Å². The van der Waals surface area contributed by atoms with Gasteiger partial charge in [-0.2, -0.15) is 0 Å². The molecule has 0 bridgehead atoms. The van der Waals surface area contributed by atoms with Crippen LogP contribution in [0.25, 0.3) is 0 Å². The second-order valence-corrected chi connectivity index (χ2v) is 5.84. The SMILES string of the molecule is Cc1cc(C[C@@H]2CN(C(=O)c3cccc(C)n3)C[C@@H]2O)on1. The lowest BCUT2D eigenvalue weighted by molar-refractivity contribution is 0.0758. The molecule has 3 rings (SSSR count). The molecule has 116 valence electrons. The summed E-state index contributed by atoms with van der Waals surface area (Å²) in [5.74, 6) is 0.560. The van der Waals surface area contributed by atoms with Crippen molar-refractivity contribution in [1.29, 1.82) is 0 Å². The third-order valence-corrected chi connectivity index (χ3v) is 3.94. The van der Waals surface area contributed by atoms with Crippen LogP contribution in [-0.4, -0.2) is 45.2 Å². The van der Waals surface area contributed by atoms with Crippen LogP contribution in [0.4, 0.5) is 0 Å². The Labute approximate surface area is 128 Å². The molecule has 22 heavy (non-hydrogen) atoms. The maximum atomic E-state index is 12.5. The van der Waals surface area contributed by atoms with Crippen LogP contribution in [0.3, 0.4) is 0 Å². The van der Waals surface area contributed by atoms with Gasteiger partial charge in [0, 0.05) is 37.2 Å². The van der Waals surface area contributed by atoms with Crippen molar-refractivity contribution in [2.75, 3.05) is 13.1 Å². The second-order valence-electron chi connectivity index (χ2n) is 5.84. The number of hydrogen-bond donors (Lipinski definition) is 1. The van der Waals surface area contributed by atoms with Crippen LogP contribution in [0.2, 0.25) is 0 Å². The first-order chi connectivity index (χ1) is 10.5. The monoisotopic (exact) mass is 301 g/mol. The minimum Gasteiger partial charge on any atom is -0.391 e. The molecule has 3 heterocycles. The molecule has 0 radical (unpaired) electrons. The predicted molar refractivity (Wildman–Crippen MR) is 79.3 cm³/mol. The van der Waals surface area contributed by atoms with E-state index in [1.807, 2.05) is 32.0 Å². The Bertz CT molecular complexity index is 683. The van der Waals surface area contributed by atoms with E-state index in [0.717, 1.165) is 17.1 Å². The van der Waals surface area contributed by atoms with Crippen LogP contribution < -0.4 is 0 Å². The van der Waals surface area contributed by atoms with E-state index >= 15 is 0 Å². The summed E-state index contributed by atoms with van der Waals surface area (Å²) in [7, 11) is 0. The number of hydrogen-bond acceptors (Lipinski definition) is 5.